The summed E-state index contributed by atoms with van der Waals surface area (Å²) in [5.74, 6) is 0.422. The van der Waals surface area contributed by atoms with E-state index < -0.39 is 17.4 Å². The van der Waals surface area contributed by atoms with E-state index >= 15 is 0 Å². The van der Waals surface area contributed by atoms with Gasteiger partial charge in [0.1, 0.15) is 17.1 Å². The molecule has 9 nitrogen and oxygen atoms in total. The quantitative estimate of drug-likeness (QED) is 0.654. The average Bonchev–Trinajstić information content (AvgIpc) is 3.03. The molecule has 0 saturated heterocycles. The van der Waals surface area contributed by atoms with Gasteiger partial charge in [0.25, 0.3) is 5.91 Å². The minimum absolute atomic E-state index is 0.166. The van der Waals surface area contributed by atoms with Crippen molar-refractivity contribution < 1.29 is 23.3 Å². The number of hydrogen-bond donors (Lipinski definition) is 1. The summed E-state index contributed by atoms with van der Waals surface area (Å²) in [6.07, 6.45) is 0. The molecule has 2 heterocycles. The zero-order valence-electron chi connectivity index (χ0n) is 14.7. The van der Waals surface area contributed by atoms with Crippen LogP contribution in [0.4, 0.5) is 5.82 Å². The second-order valence-electron chi connectivity index (χ2n) is 5.86. The third-order valence-corrected chi connectivity index (χ3v) is 3.66. The summed E-state index contributed by atoms with van der Waals surface area (Å²) in [5, 5.41) is 6.92. The molecule has 0 spiro atoms. The molecule has 9 heteroatoms. The number of benzene rings is 1. The number of nitrogens with one attached hydrogen (secondary N) is 1. The predicted molar refractivity (Wildman–Crippen MR) is 95.5 cm³/mol. The van der Waals surface area contributed by atoms with Gasteiger partial charge in [0.2, 0.25) is 5.91 Å². The van der Waals surface area contributed by atoms with E-state index in [1.807, 2.05) is 0 Å². The standard InChI is InChI=1S/C18H17N3O6/c1-11-7-15(20-27-11)19-16(22)9-21(2)17(23)10-25-13-5-3-12-4-6-18(24)26-14(12)8-13/h3-8H,9-10H2,1-2H3,(H,19,20,22). The molecule has 27 heavy (non-hydrogen) atoms. The lowest BCUT2D eigenvalue weighted by Gasteiger charge is -2.16. The Balaban J connectivity index is 1.53. The highest BCUT2D eigenvalue weighted by Gasteiger charge is 2.15. The summed E-state index contributed by atoms with van der Waals surface area (Å²) in [7, 11) is 1.48. The van der Waals surface area contributed by atoms with Crippen LogP contribution in [0, 0.1) is 6.92 Å². The van der Waals surface area contributed by atoms with Crippen LogP contribution in [0.15, 0.2) is 50.1 Å². The highest BCUT2D eigenvalue weighted by molar-refractivity contribution is 5.93. The molecular formula is C18H17N3O6. The molecule has 0 atom stereocenters. The van der Waals surface area contributed by atoms with Crippen molar-refractivity contribution in [1.29, 1.82) is 0 Å². The van der Waals surface area contributed by atoms with Gasteiger partial charge in [-0.2, -0.15) is 0 Å². The lowest BCUT2D eigenvalue weighted by molar-refractivity contribution is -0.135. The van der Waals surface area contributed by atoms with Crippen molar-refractivity contribution in [2.45, 2.75) is 6.92 Å². The monoisotopic (exact) mass is 371 g/mol. The number of carbonyl (C=O) groups is 2. The molecular weight excluding hydrogens is 354 g/mol. The van der Waals surface area contributed by atoms with E-state index in [1.54, 1.807) is 31.2 Å². The van der Waals surface area contributed by atoms with Crippen LogP contribution in [0.25, 0.3) is 11.0 Å². The first-order chi connectivity index (χ1) is 12.9. The van der Waals surface area contributed by atoms with E-state index in [0.717, 1.165) is 5.39 Å². The summed E-state index contributed by atoms with van der Waals surface area (Å²) in [6, 6.07) is 9.44. The fourth-order valence-corrected chi connectivity index (χ4v) is 2.30. The molecule has 0 unspecified atom stereocenters. The lowest BCUT2D eigenvalue weighted by atomic mass is 10.2. The number of anilines is 1. The number of likely N-dealkylation sites (N-methyl/N-ethyl adjacent to an activating group) is 1. The maximum Gasteiger partial charge on any atom is 0.336 e. The zero-order chi connectivity index (χ0) is 19.4. The molecule has 0 aliphatic rings. The number of ether oxygens (including phenoxy) is 1. The largest absolute Gasteiger partial charge is 0.484 e. The van der Waals surface area contributed by atoms with Crippen molar-refractivity contribution in [2.75, 3.05) is 25.5 Å². The van der Waals surface area contributed by atoms with Gasteiger partial charge >= 0.3 is 5.63 Å². The van der Waals surface area contributed by atoms with Gasteiger partial charge in [0, 0.05) is 30.6 Å². The first kappa shape index (κ1) is 18.2. The Morgan fingerprint density at radius 2 is 2.00 bits per heavy atom. The number of amides is 2. The van der Waals surface area contributed by atoms with Crippen molar-refractivity contribution in [3.63, 3.8) is 0 Å². The summed E-state index contributed by atoms with van der Waals surface area (Å²) in [5.41, 5.74) is -0.105. The van der Waals surface area contributed by atoms with Crippen molar-refractivity contribution in [3.8, 4) is 5.75 Å². The Labute approximate surface area is 153 Å². The molecule has 0 radical (unpaired) electrons. The second kappa shape index (κ2) is 7.73. The number of fused-ring (bicyclic) bond motifs is 1. The number of hydrogen-bond acceptors (Lipinski definition) is 7. The van der Waals surface area contributed by atoms with Gasteiger partial charge in [0.15, 0.2) is 12.4 Å². The van der Waals surface area contributed by atoms with Gasteiger partial charge in [-0.3, -0.25) is 9.59 Å². The SMILES string of the molecule is Cc1cc(NC(=O)CN(C)C(=O)COc2ccc3ccc(=O)oc3c2)no1. The fourth-order valence-electron chi connectivity index (χ4n) is 2.30. The average molecular weight is 371 g/mol. The van der Waals surface area contributed by atoms with Crippen LogP contribution >= 0.6 is 0 Å². The highest BCUT2D eigenvalue weighted by Crippen LogP contribution is 2.19. The molecule has 0 bridgehead atoms. The zero-order valence-corrected chi connectivity index (χ0v) is 14.7. The Hall–Kier alpha value is -3.62. The van der Waals surface area contributed by atoms with Crippen molar-refractivity contribution in [2.24, 2.45) is 0 Å². The van der Waals surface area contributed by atoms with E-state index in [4.69, 9.17) is 13.7 Å². The fraction of sp³-hybridized carbons (Fsp3) is 0.222. The van der Waals surface area contributed by atoms with Crippen molar-refractivity contribution in [3.05, 3.63) is 52.6 Å². The van der Waals surface area contributed by atoms with Crippen molar-refractivity contribution >= 4 is 28.6 Å². The summed E-state index contributed by atoms with van der Waals surface area (Å²) in [6.45, 7) is 1.27. The van der Waals surface area contributed by atoms with Crippen LogP contribution in [0.5, 0.6) is 5.75 Å². The minimum Gasteiger partial charge on any atom is -0.484 e. The van der Waals surface area contributed by atoms with Crippen LogP contribution in [-0.2, 0) is 9.59 Å². The van der Waals surface area contributed by atoms with Crippen LogP contribution in [0.3, 0.4) is 0 Å². The van der Waals surface area contributed by atoms with Gasteiger partial charge in [-0.15, -0.1) is 0 Å². The van der Waals surface area contributed by atoms with E-state index in [0.29, 0.717) is 17.1 Å². The first-order valence-corrected chi connectivity index (χ1v) is 8.04. The smallest absolute Gasteiger partial charge is 0.336 e. The lowest BCUT2D eigenvalue weighted by Crippen LogP contribution is -2.37. The number of carbonyl (C=O) groups excluding carboxylic acids is 2. The summed E-state index contributed by atoms with van der Waals surface area (Å²) in [4.78, 5) is 36.6. The molecule has 0 saturated carbocycles. The minimum atomic E-state index is -0.469. The molecule has 2 amide bonds. The van der Waals surface area contributed by atoms with Gasteiger partial charge in [-0.1, -0.05) is 5.16 Å². The van der Waals surface area contributed by atoms with Gasteiger partial charge < -0.3 is 23.9 Å². The number of aromatic nitrogens is 1. The summed E-state index contributed by atoms with van der Waals surface area (Å²) >= 11 is 0. The summed E-state index contributed by atoms with van der Waals surface area (Å²) < 4.78 is 15.3. The normalized spacial score (nSPS) is 10.6. The molecule has 0 aliphatic carbocycles. The first-order valence-electron chi connectivity index (χ1n) is 8.04. The highest BCUT2D eigenvalue weighted by atomic mass is 16.5. The predicted octanol–water partition coefficient (Wildman–Crippen LogP) is 1.57. The second-order valence-corrected chi connectivity index (χ2v) is 5.86. The molecule has 0 fully saturated rings. The van der Waals surface area contributed by atoms with Gasteiger partial charge in [-0.25, -0.2) is 4.79 Å². The van der Waals surface area contributed by atoms with Gasteiger partial charge in [-0.05, 0) is 25.1 Å². The number of rotatable bonds is 6. The molecule has 2 aromatic heterocycles. The van der Waals surface area contributed by atoms with Crippen LogP contribution in [-0.4, -0.2) is 42.1 Å². The Bertz CT molecular complexity index is 1040. The Morgan fingerprint density at radius 3 is 2.74 bits per heavy atom. The van der Waals surface area contributed by atoms with Crippen LogP contribution < -0.4 is 15.7 Å². The molecule has 140 valence electrons. The third kappa shape index (κ3) is 4.72. The van der Waals surface area contributed by atoms with Gasteiger partial charge in [0.05, 0.1) is 6.54 Å². The third-order valence-electron chi connectivity index (χ3n) is 3.66. The Morgan fingerprint density at radius 1 is 1.22 bits per heavy atom. The van der Waals surface area contributed by atoms with Crippen LogP contribution in [0.2, 0.25) is 0 Å². The molecule has 3 aromatic rings. The molecule has 1 aromatic carbocycles. The number of nitrogens with zero attached hydrogens (tertiary/aromatic N) is 2. The topological polar surface area (TPSA) is 115 Å². The van der Waals surface area contributed by atoms with Crippen LogP contribution in [0.1, 0.15) is 5.76 Å². The molecule has 3 rings (SSSR count). The molecule has 0 aliphatic heterocycles. The maximum absolute atomic E-state index is 12.1. The van der Waals surface area contributed by atoms with E-state index in [9.17, 15) is 14.4 Å². The Kier molecular flexibility index (Phi) is 5.20. The van der Waals surface area contributed by atoms with E-state index in [-0.39, 0.29) is 19.0 Å². The number of aryl methyl sites for hydroxylation is 1. The van der Waals surface area contributed by atoms with E-state index in [2.05, 4.69) is 10.5 Å². The van der Waals surface area contributed by atoms with Crippen molar-refractivity contribution in [1.82, 2.24) is 10.1 Å². The molecule has 1 N–H and O–H groups in total. The maximum atomic E-state index is 12.1. The van der Waals surface area contributed by atoms with E-state index in [1.165, 1.54) is 24.1 Å².